The second-order valence-corrected chi connectivity index (χ2v) is 16.1. The summed E-state index contributed by atoms with van der Waals surface area (Å²) in [6.45, 7) is 6.26. The van der Waals surface area contributed by atoms with Crippen LogP contribution in [-0.2, 0) is 28.1 Å². The molecule has 0 radical (unpaired) electrons. The highest BCUT2D eigenvalue weighted by atomic mass is 28.4. The van der Waals surface area contributed by atoms with Gasteiger partial charge in [0.05, 0.1) is 23.0 Å². The highest BCUT2D eigenvalue weighted by Crippen LogP contribution is 2.59. The average Bonchev–Trinajstić information content (AvgIpc) is 3.68. The number of hydrogen-bond donors (Lipinski definition) is 3. The standard InChI is InChI=1S/C31H33N5O5Si/c1-18-28(42(2,3)40)26(12-14-35-17-20(13-15-37)33-34-35)41-31(18)23-16-21(10-11-24(23)32-30(31)39)36-25-9-5-7-19-6-4-8-22(27(19)25)29(36)38/h4-11,16-18,26,28,37,40H,12-15H2,1-3H3,(H,32,39)/t18-,26+,28-,31+/m1/s1. The lowest BCUT2D eigenvalue weighted by molar-refractivity contribution is -0.143. The molecule has 3 aromatic carbocycles. The van der Waals surface area contributed by atoms with Crippen LogP contribution in [0.15, 0.2) is 60.8 Å². The summed E-state index contributed by atoms with van der Waals surface area (Å²) in [7, 11) is -2.81. The number of fused-ring (bicyclic) bond motifs is 2. The summed E-state index contributed by atoms with van der Waals surface area (Å²) < 4.78 is 8.51. The summed E-state index contributed by atoms with van der Waals surface area (Å²) in [6, 6.07) is 17.2. The Morgan fingerprint density at radius 2 is 1.90 bits per heavy atom. The number of aryl methyl sites for hydroxylation is 1. The van der Waals surface area contributed by atoms with Gasteiger partial charge >= 0.3 is 0 Å². The first-order chi connectivity index (χ1) is 20.1. The summed E-state index contributed by atoms with van der Waals surface area (Å²) in [5.74, 6) is -0.681. The van der Waals surface area contributed by atoms with E-state index in [1.165, 1.54) is 0 Å². The zero-order chi connectivity index (χ0) is 29.4. The molecule has 0 saturated carbocycles. The topological polar surface area (TPSA) is 130 Å². The van der Waals surface area contributed by atoms with Crippen molar-refractivity contribution in [1.82, 2.24) is 15.0 Å². The molecule has 1 aromatic heterocycles. The van der Waals surface area contributed by atoms with E-state index in [9.17, 15) is 19.5 Å². The van der Waals surface area contributed by atoms with Crippen molar-refractivity contribution in [2.75, 3.05) is 16.8 Å². The molecule has 216 valence electrons. The summed E-state index contributed by atoms with van der Waals surface area (Å²) >= 11 is 0. The summed E-state index contributed by atoms with van der Waals surface area (Å²) in [4.78, 5) is 40.7. The molecule has 0 bridgehead atoms. The fourth-order valence-corrected chi connectivity index (χ4v) is 10.0. The number of aliphatic hydroxyl groups is 1. The minimum atomic E-state index is -2.81. The predicted octanol–water partition coefficient (Wildman–Crippen LogP) is 4.10. The minimum absolute atomic E-state index is 0.00237. The maximum Gasteiger partial charge on any atom is 0.263 e. The van der Waals surface area contributed by atoms with Gasteiger partial charge in [-0.3, -0.25) is 19.2 Å². The number of anilines is 3. The maximum absolute atomic E-state index is 13.8. The quantitative estimate of drug-likeness (QED) is 0.279. The predicted molar refractivity (Wildman–Crippen MR) is 160 cm³/mol. The van der Waals surface area contributed by atoms with Crippen molar-refractivity contribution < 1.29 is 24.2 Å². The number of nitrogens with one attached hydrogen (secondary N) is 1. The van der Waals surface area contributed by atoms with Crippen LogP contribution in [0.1, 0.15) is 35.0 Å². The minimum Gasteiger partial charge on any atom is -0.432 e. The molecule has 2 amide bonds. The van der Waals surface area contributed by atoms with Crippen molar-refractivity contribution in [2.24, 2.45) is 5.92 Å². The first-order valence-corrected chi connectivity index (χ1v) is 17.4. The van der Waals surface area contributed by atoms with Crippen molar-refractivity contribution in [3.05, 3.63) is 77.6 Å². The molecule has 0 aliphatic carbocycles. The Bertz CT molecular complexity index is 1740. The number of carbonyl (C=O) groups excluding carboxylic acids is 2. The van der Waals surface area contributed by atoms with E-state index in [2.05, 4.69) is 15.6 Å². The number of ether oxygens (including phenoxy) is 1. The number of benzene rings is 3. The van der Waals surface area contributed by atoms with E-state index in [0.717, 1.165) is 16.5 Å². The van der Waals surface area contributed by atoms with Crippen LogP contribution in [0.2, 0.25) is 18.6 Å². The molecular formula is C31H33N5O5Si. The van der Waals surface area contributed by atoms with Crippen LogP contribution in [0.25, 0.3) is 10.8 Å². The van der Waals surface area contributed by atoms with Gasteiger partial charge in [-0.25, -0.2) is 0 Å². The number of hydrogen-bond acceptors (Lipinski definition) is 7. The zero-order valence-corrected chi connectivity index (χ0v) is 24.7. The Kier molecular flexibility index (Phi) is 6.14. The van der Waals surface area contributed by atoms with Crippen LogP contribution < -0.4 is 10.2 Å². The lowest BCUT2D eigenvalue weighted by atomic mass is 9.82. The third-order valence-corrected chi connectivity index (χ3v) is 11.6. The number of amides is 2. The molecule has 11 heteroatoms. The third-order valence-electron chi connectivity index (χ3n) is 9.13. The average molecular weight is 584 g/mol. The van der Waals surface area contributed by atoms with Gasteiger partial charge in [0.1, 0.15) is 0 Å². The highest BCUT2D eigenvalue weighted by molar-refractivity contribution is 6.71. The molecular weight excluding hydrogens is 550 g/mol. The smallest absolute Gasteiger partial charge is 0.263 e. The van der Waals surface area contributed by atoms with E-state index in [1.54, 1.807) is 15.8 Å². The molecule has 1 spiro atoms. The van der Waals surface area contributed by atoms with Crippen molar-refractivity contribution in [2.45, 2.75) is 56.7 Å². The molecule has 4 aromatic rings. The van der Waals surface area contributed by atoms with Gasteiger partial charge in [-0.1, -0.05) is 36.4 Å². The summed E-state index contributed by atoms with van der Waals surface area (Å²) in [5, 5.41) is 22.4. The number of aliphatic hydroxyl groups excluding tert-OH is 1. The molecule has 7 rings (SSSR count). The Balaban J connectivity index is 1.26. The van der Waals surface area contributed by atoms with Crippen LogP contribution in [0.3, 0.4) is 0 Å². The van der Waals surface area contributed by atoms with E-state index in [1.807, 2.05) is 74.6 Å². The Morgan fingerprint density at radius 1 is 1.12 bits per heavy atom. The molecule has 4 heterocycles. The van der Waals surface area contributed by atoms with E-state index in [0.29, 0.717) is 47.6 Å². The number of carbonyl (C=O) groups is 2. The second kappa shape index (κ2) is 9.56. The Morgan fingerprint density at radius 3 is 2.67 bits per heavy atom. The fraction of sp³-hybridized carbons (Fsp3) is 0.355. The molecule has 0 unspecified atom stereocenters. The molecule has 4 atom stereocenters. The van der Waals surface area contributed by atoms with Gasteiger partial charge in [-0.05, 0) is 55.2 Å². The molecule has 3 aliphatic rings. The van der Waals surface area contributed by atoms with Gasteiger partial charge in [-0.15, -0.1) is 5.10 Å². The number of aromatic nitrogens is 3. The maximum atomic E-state index is 13.8. The molecule has 3 N–H and O–H groups in total. The van der Waals surface area contributed by atoms with Gasteiger partial charge in [-0.2, -0.15) is 0 Å². The summed E-state index contributed by atoms with van der Waals surface area (Å²) in [5.41, 5.74) is 2.63. The van der Waals surface area contributed by atoms with Gasteiger partial charge in [0.2, 0.25) is 0 Å². The Hall–Kier alpha value is -3.90. The van der Waals surface area contributed by atoms with Crippen LogP contribution >= 0.6 is 0 Å². The Labute approximate surface area is 244 Å². The molecule has 1 saturated heterocycles. The lowest BCUT2D eigenvalue weighted by Gasteiger charge is -2.32. The van der Waals surface area contributed by atoms with Crippen LogP contribution in [0, 0.1) is 5.92 Å². The van der Waals surface area contributed by atoms with E-state index >= 15 is 0 Å². The molecule has 42 heavy (non-hydrogen) atoms. The van der Waals surface area contributed by atoms with Crippen molar-refractivity contribution >= 4 is 48.0 Å². The monoisotopic (exact) mass is 583 g/mol. The van der Waals surface area contributed by atoms with Crippen LogP contribution in [-0.4, -0.2) is 57.7 Å². The van der Waals surface area contributed by atoms with E-state index in [4.69, 9.17) is 4.74 Å². The lowest BCUT2D eigenvalue weighted by Crippen LogP contribution is -2.43. The highest BCUT2D eigenvalue weighted by Gasteiger charge is 2.64. The van der Waals surface area contributed by atoms with Crippen molar-refractivity contribution in [3.8, 4) is 0 Å². The first-order valence-electron chi connectivity index (χ1n) is 14.4. The van der Waals surface area contributed by atoms with Crippen LogP contribution in [0.4, 0.5) is 17.1 Å². The van der Waals surface area contributed by atoms with Crippen LogP contribution in [0.5, 0.6) is 0 Å². The van der Waals surface area contributed by atoms with Crippen molar-refractivity contribution in [1.29, 1.82) is 0 Å². The zero-order valence-electron chi connectivity index (χ0n) is 23.7. The normalized spacial score (nSPS) is 24.7. The molecule has 3 aliphatic heterocycles. The first kappa shape index (κ1) is 27.0. The molecule has 1 fully saturated rings. The van der Waals surface area contributed by atoms with Gasteiger partial charge in [0.15, 0.2) is 13.9 Å². The van der Waals surface area contributed by atoms with Gasteiger partial charge in [0.25, 0.3) is 11.8 Å². The number of rotatable bonds is 7. The van der Waals surface area contributed by atoms with E-state index in [-0.39, 0.29) is 29.9 Å². The molecule has 10 nitrogen and oxygen atoms in total. The van der Waals surface area contributed by atoms with E-state index < -0.39 is 20.0 Å². The second-order valence-electron chi connectivity index (χ2n) is 12.1. The SMILES string of the molecule is C[C@@H]1[C@@H]([Si](C)(C)O)[C@H](CCn2cc(CCO)nn2)O[C@@]12C(=O)Nc1ccc(N3C(=O)c4cccc5cccc3c45)cc12. The fourth-order valence-electron chi connectivity index (χ4n) is 7.40. The van der Waals surface area contributed by atoms with Crippen molar-refractivity contribution in [3.63, 3.8) is 0 Å². The third kappa shape index (κ3) is 3.88. The summed E-state index contributed by atoms with van der Waals surface area (Å²) in [6.07, 6.45) is 2.36. The van der Waals surface area contributed by atoms with Gasteiger partial charge < -0.3 is 20.0 Å². The van der Waals surface area contributed by atoms with Gasteiger partial charge in [0, 0.05) is 59.6 Å². The largest absolute Gasteiger partial charge is 0.432 e. The number of nitrogens with zero attached hydrogens (tertiary/aromatic N) is 4.